The zero-order valence-electron chi connectivity index (χ0n) is 14.9. The Kier molecular flexibility index (Phi) is 4.08. The number of ketones is 1. The number of hydrogen-bond acceptors (Lipinski definition) is 3. The minimum atomic E-state index is -0.315. The number of fused-ring (bicyclic) bond motifs is 2. The summed E-state index contributed by atoms with van der Waals surface area (Å²) < 4.78 is 5.26. The number of Topliss-reactive ketones (excluding diaryl/α,β-unsaturated/α-hetero) is 1. The standard InChI is InChI=1S/C23H20O3/c1-14(24)12-17-8-11-21(20-5-3-4-19(17)20)22-10-7-16-6-9-18(13-23(16)22)26-15(2)25/h3,5-11,13,22H,4,12H2,1-2H3. The van der Waals surface area contributed by atoms with Gasteiger partial charge in [-0.2, -0.15) is 0 Å². The highest BCUT2D eigenvalue weighted by Crippen LogP contribution is 2.41. The highest BCUT2D eigenvalue weighted by Gasteiger charge is 2.25. The second kappa shape index (κ2) is 6.41. The van der Waals surface area contributed by atoms with Crippen LogP contribution in [0.2, 0.25) is 0 Å². The van der Waals surface area contributed by atoms with Crippen molar-refractivity contribution >= 4 is 23.9 Å². The predicted molar refractivity (Wildman–Crippen MR) is 102 cm³/mol. The first kappa shape index (κ1) is 16.5. The summed E-state index contributed by atoms with van der Waals surface area (Å²) in [4.78, 5) is 22.8. The number of carbonyl (C=O) groups excluding carboxylic acids is 2. The van der Waals surface area contributed by atoms with Crippen molar-refractivity contribution in [3.05, 3.63) is 75.9 Å². The fourth-order valence-corrected chi connectivity index (χ4v) is 3.94. The van der Waals surface area contributed by atoms with Gasteiger partial charge in [0.2, 0.25) is 0 Å². The topological polar surface area (TPSA) is 43.4 Å². The molecule has 0 N–H and O–H groups in total. The van der Waals surface area contributed by atoms with Gasteiger partial charge in [-0.05, 0) is 58.9 Å². The normalized spacial score (nSPS) is 16.5. The molecular formula is C23H20O3. The third-order valence-electron chi connectivity index (χ3n) is 4.99. The smallest absolute Gasteiger partial charge is 0.308 e. The van der Waals surface area contributed by atoms with E-state index in [9.17, 15) is 9.59 Å². The fraction of sp³-hybridized carbons (Fsp3) is 0.217. The fourth-order valence-electron chi connectivity index (χ4n) is 3.94. The molecule has 0 bridgehead atoms. The largest absolute Gasteiger partial charge is 0.427 e. The number of allylic oxidation sites excluding steroid dienone is 2. The maximum atomic E-state index is 11.6. The Balaban J connectivity index is 1.76. The van der Waals surface area contributed by atoms with Crippen LogP contribution in [0.25, 0.3) is 12.2 Å². The maximum Gasteiger partial charge on any atom is 0.308 e. The summed E-state index contributed by atoms with van der Waals surface area (Å²) in [5.41, 5.74) is 7.13. The van der Waals surface area contributed by atoms with Crippen LogP contribution in [0.5, 0.6) is 5.75 Å². The van der Waals surface area contributed by atoms with Crippen molar-refractivity contribution in [3.8, 4) is 5.75 Å². The Morgan fingerprint density at radius 1 is 1.08 bits per heavy atom. The summed E-state index contributed by atoms with van der Waals surface area (Å²) in [6.07, 6.45) is 9.99. The quantitative estimate of drug-likeness (QED) is 0.607. The zero-order chi connectivity index (χ0) is 18.3. The van der Waals surface area contributed by atoms with Crippen molar-refractivity contribution in [2.24, 2.45) is 0 Å². The molecule has 1 atom stereocenters. The van der Waals surface area contributed by atoms with Gasteiger partial charge in [-0.15, -0.1) is 0 Å². The molecular weight excluding hydrogens is 324 g/mol. The third kappa shape index (κ3) is 2.90. The molecule has 0 fully saturated rings. The van der Waals surface area contributed by atoms with Gasteiger partial charge < -0.3 is 4.74 Å². The second-order valence-corrected chi connectivity index (χ2v) is 6.91. The Labute approximate surface area is 153 Å². The van der Waals surface area contributed by atoms with Gasteiger partial charge >= 0.3 is 5.97 Å². The van der Waals surface area contributed by atoms with Gasteiger partial charge in [0, 0.05) is 19.3 Å². The molecule has 0 spiro atoms. The summed E-state index contributed by atoms with van der Waals surface area (Å²) in [5.74, 6) is 0.572. The van der Waals surface area contributed by atoms with E-state index in [1.54, 1.807) is 6.92 Å². The molecule has 26 heavy (non-hydrogen) atoms. The van der Waals surface area contributed by atoms with Gasteiger partial charge in [-0.25, -0.2) is 0 Å². The molecule has 2 aromatic carbocycles. The highest BCUT2D eigenvalue weighted by atomic mass is 16.5. The van der Waals surface area contributed by atoms with Crippen molar-refractivity contribution in [1.82, 2.24) is 0 Å². The van der Waals surface area contributed by atoms with Crippen LogP contribution in [0.4, 0.5) is 0 Å². The Bertz CT molecular complexity index is 979. The summed E-state index contributed by atoms with van der Waals surface area (Å²) in [5, 5.41) is 0. The van der Waals surface area contributed by atoms with Crippen molar-refractivity contribution in [2.45, 2.75) is 32.6 Å². The molecule has 4 rings (SSSR count). The Hall–Kier alpha value is -2.94. The molecule has 0 radical (unpaired) electrons. The van der Waals surface area contributed by atoms with E-state index < -0.39 is 0 Å². The van der Waals surface area contributed by atoms with Crippen LogP contribution < -0.4 is 4.74 Å². The molecule has 0 aromatic heterocycles. The lowest BCUT2D eigenvalue weighted by Gasteiger charge is -2.18. The van der Waals surface area contributed by atoms with Crippen molar-refractivity contribution < 1.29 is 14.3 Å². The summed E-state index contributed by atoms with van der Waals surface area (Å²) in [6.45, 7) is 3.05. The zero-order valence-corrected chi connectivity index (χ0v) is 14.9. The van der Waals surface area contributed by atoms with Crippen LogP contribution in [0.15, 0.2) is 42.5 Å². The lowest BCUT2D eigenvalue weighted by molar-refractivity contribution is -0.131. The van der Waals surface area contributed by atoms with Crippen LogP contribution in [-0.2, 0) is 22.4 Å². The molecule has 0 aliphatic heterocycles. The molecule has 2 aliphatic rings. The molecule has 1 unspecified atom stereocenters. The average Bonchev–Trinajstić information content (AvgIpc) is 3.21. The van der Waals surface area contributed by atoms with Crippen molar-refractivity contribution in [1.29, 1.82) is 0 Å². The number of benzene rings is 2. The Morgan fingerprint density at radius 3 is 2.69 bits per heavy atom. The van der Waals surface area contributed by atoms with E-state index in [-0.39, 0.29) is 17.7 Å². The predicted octanol–water partition coefficient (Wildman–Crippen LogP) is 4.47. The average molecular weight is 344 g/mol. The first-order valence-corrected chi connectivity index (χ1v) is 8.84. The molecule has 3 heteroatoms. The molecule has 0 amide bonds. The molecule has 3 nitrogen and oxygen atoms in total. The summed E-state index contributed by atoms with van der Waals surface area (Å²) in [7, 11) is 0. The van der Waals surface area contributed by atoms with E-state index in [1.807, 2.05) is 18.2 Å². The monoisotopic (exact) mass is 344 g/mol. The van der Waals surface area contributed by atoms with E-state index in [4.69, 9.17) is 4.74 Å². The van der Waals surface area contributed by atoms with Crippen molar-refractivity contribution in [2.75, 3.05) is 0 Å². The highest BCUT2D eigenvalue weighted by molar-refractivity contribution is 5.80. The van der Waals surface area contributed by atoms with Gasteiger partial charge in [0.15, 0.2) is 0 Å². The number of carbonyl (C=O) groups is 2. The first-order chi connectivity index (χ1) is 12.5. The van der Waals surface area contributed by atoms with Gasteiger partial charge in [0.05, 0.1) is 0 Å². The SMILES string of the molecule is CC(=O)Cc1ccc(C2C=Cc3ccc(OC(C)=O)cc32)c2c1CC=C2. The molecule has 2 aromatic rings. The van der Waals surface area contributed by atoms with E-state index in [0.29, 0.717) is 12.2 Å². The van der Waals surface area contributed by atoms with Gasteiger partial charge in [0.1, 0.15) is 11.5 Å². The van der Waals surface area contributed by atoms with Crippen LogP contribution in [-0.4, -0.2) is 11.8 Å². The van der Waals surface area contributed by atoms with E-state index in [1.165, 1.54) is 23.6 Å². The number of hydrogen-bond donors (Lipinski definition) is 0. The first-order valence-electron chi connectivity index (χ1n) is 8.84. The van der Waals surface area contributed by atoms with Crippen LogP contribution in [0.3, 0.4) is 0 Å². The van der Waals surface area contributed by atoms with E-state index in [2.05, 4.69) is 36.4 Å². The molecule has 2 aliphatic carbocycles. The number of ether oxygens (including phenoxy) is 1. The van der Waals surface area contributed by atoms with Crippen LogP contribution >= 0.6 is 0 Å². The molecule has 0 saturated heterocycles. The van der Waals surface area contributed by atoms with Crippen molar-refractivity contribution in [3.63, 3.8) is 0 Å². The van der Waals surface area contributed by atoms with Gasteiger partial charge in [-0.3, -0.25) is 9.59 Å². The minimum absolute atomic E-state index is 0.128. The van der Waals surface area contributed by atoms with E-state index >= 15 is 0 Å². The number of rotatable bonds is 4. The maximum absolute atomic E-state index is 11.6. The second-order valence-electron chi connectivity index (χ2n) is 6.91. The number of esters is 1. The third-order valence-corrected chi connectivity index (χ3v) is 4.99. The summed E-state index contributed by atoms with van der Waals surface area (Å²) >= 11 is 0. The van der Waals surface area contributed by atoms with Crippen LogP contribution in [0.1, 0.15) is 53.1 Å². The van der Waals surface area contributed by atoms with Gasteiger partial charge in [-0.1, -0.05) is 42.5 Å². The molecule has 0 heterocycles. The molecule has 130 valence electrons. The molecule has 0 saturated carbocycles. The van der Waals surface area contributed by atoms with E-state index in [0.717, 1.165) is 23.1 Å². The Morgan fingerprint density at radius 2 is 1.92 bits per heavy atom. The lowest BCUT2D eigenvalue weighted by Crippen LogP contribution is -2.06. The lowest BCUT2D eigenvalue weighted by atomic mass is 9.86. The van der Waals surface area contributed by atoms with Gasteiger partial charge in [0.25, 0.3) is 0 Å². The van der Waals surface area contributed by atoms with Crippen LogP contribution in [0, 0.1) is 0 Å². The summed E-state index contributed by atoms with van der Waals surface area (Å²) in [6, 6.07) is 9.99. The minimum Gasteiger partial charge on any atom is -0.427 e.